The van der Waals surface area contributed by atoms with Crippen LogP contribution < -0.4 is 9.47 Å². The quantitative estimate of drug-likeness (QED) is 0.698. The van der Waals surface area contributed by atoms with Crippen molar-refractivity contribution in [1.82, 2.24) is 15.1 Å². The molecule has 4 rings (SSSR count). The first-order chi connectivity index (χ1) is 12.3. The molecule has 6 nitrogen and oxygen atoms in total. The molecule has 0 aliphatic carbocycles. The van der Waals surface area contributed by atoms with Gasteiger partial charge in [-0.2, -0.15) is 0 Å². The monoisotopic (exact) mass is 357 g/mol. The summed E-state index contributed by atoms with van der Waals surface area (Å²) < 4.78 is 16.7. The summed E-state index contributed by atoms with van der Waals surface area (Å²) in [6.45, 7) is 2.57. The molecule has 2 aromatic heterocycles. The molecule has 0 N–H and O–H groups in total. The predicted molar refractivity (Wildman–Crippen MR) is 95.0 cm³/mol. The van der Waals surface area contributed by atoms with Gasteiger partial charge in [0.25, 0.3) is 5.89 Å². The lowest BCUT2D eigenvalue weighted by molar-refractivity contribution is 0.224. The van der Waals surface area contributed by atoms with Gasteiger partial charge in [0, 0.05) is 18.0 Å². The van der Waals surface area contributed by atoms with Gasteiger partial charge in [0.2, 0.25) is 5.89 Å². The van der Waals surface area contributed by atoms with Crippen LogP contribution in [-0.2, 0) is 19.5 Å². The van der Waals surface area contributed by atoms with Crippen LogP contribution in [-0.4, -0.2) is 35.9 Å². The van der Waals surface area contributed by atoms with E-state index in [0.717, 1.165) is 19.5 Å². The van der Waals surface area contributed by atoms with E-state index in [1.807, 2.05) is 29.5 Å². The van der Waals surface area contributed by atoms with Crippen LogP contribution in [0.2, 0.25) is 0 Å². The van der Waals surface area contributed by atoms with Crippen LogP contribution in [0.15, 0.2) is 34.1 Å². The molecule has 1 aliphatic rings. The van der Waals surface area contributed by atoms with Crippen molar-refractivity contribution < 1.29 is 13.9 Å². The lowest BCUT2D eigenvalue weighted by atomic mass is 10.1. The Morgan fingerprint density at radius 2 is 1.96 bits per heavy atom. The first-order valence-corrected chi connectivity index (χ1v) is 8.98. The minimum absolute atomic E-state index is 0.415. The maximum Gasteiger partial charge on any atom is 0.255 e. The Morgan fingerprint density at radius 3 is 2.72 bits per heavy atom. The van der Waals surface area contributed by atoms with Gasteiger partial charge in [0.05, 0.1) is 20.8 Å². The molecular weight excluding hydrogens is 338 g/mol. The molecule has 0 atom stereocenters. The molecule has 0 saturated carbocycles. The molecule has 130 valence electrons. The summed E-state index contributed by atoms with van der Waals surface area (Å²) in [5, 5.41) is 10.6. The molecule has 0 bridgehead atoms. The van der Waals surface area contributed by atoms with Crippen LogP contribution in [0.5, 0.6) is 11.5 Å². The lowest BCUT2D eigenvalue weighted by Gasteiger charge is -2.24. The van der Waals surface area contributed by atoms with Crippen molar-refractivity contribution in [2.75, 3.05) is 20.8 Å². The lowest BCUT2D eigenvalue weighted by Crippen LogP contribution is -2.29. The van der Waals surface area contributed by atoms with Crippen molar-refractivity contribution in [3.8, 4) is 23.0 Å². The highest BCUT2D eigenvalue weighted by atomic mass is 32.1. The molecule has 0 unspecified atom stereocenters. The number of thiophene rings is 1. The largest absolute Gasteiger partial charge is 0.496 e. The third-order valence-electron chi connectivity index (χ3n) is 4.37. The average Bonchev–Trinajstić information content (AvgIpc) is 3.29. The Labute approximate surface area is 150 Å². The van der Waals surface area contributed by atoms with Crippen LogP contribution in [0.25, 0.3) is 11.5 Å². The molecule has 3 heterocycles. The van der Waals surface area contributed by atoms with Gasteiger partial charge in [-0.05, 0) is 35.6 Å². The van der Waals surface area contributed by atoms with E-state index in [1.165, 1.54) is 10.4 Å². The Balaban J connectivity index is 1.55. The Bertz CT molecular complexity index is 852. The number of fused-ring (bicyclic) bond motifs is 1. The SMILES string of the molecule is COc1cccc(OC)c1-c1nnc(CN2CCc3ccsc3C2)o1. The van der Waals surface area contributed by atoms with Crippen LogP contribution >= 0.6 is 11.3 Å². The zero-order valence-corrected chi connectivity index (χ0v) is 15.0. The van der Waals surface area contributed by atoms with Crippen molar-refractivity contribution in [1.29, 1.82) is 0 Å². The normalized spacial score (nSPS) is 14.3. The van der Waals surface area contributed by atoms with Crippen LogP contribution in [0.4, 0.5) is 0 Å². The van der Waals surface area contributed by atoms with E-state index in [4.69, 9.17) is 13.9 Å². The van der Waals surface area contributed by atoms with Gasteiger partial charge < -0.3 is 13.9 Å². The summed E-state index contributed by atoms with van der Waals surface area (Å²) >= 11 is 1.81. The summed E-state index contributed by atoms with van der Waals surface area (Å²) in [7, 11) is 3.23. The highest BCUT2D eigenvalue weighted by molar-refractivity contribution is 7.10. The number of rotatable bonds is 5. The van der Waals surface area contributed by atoms with Gasteiger partial charge >= 0.3 is 0 Å². The number of ether oxygens (including phenoxy) is 2. The topological polar surface area (TPSA) is 60.6 Å². The maximum atomic E-state index is 5.91. The second kappa shape index (κ2) is 6.85. The van der Waals surface area contributed by atoms with Gasteiger partial charge in [-0.25, -0.2) is 0 Å². The van der Waals surface area contributed by atoms with E-state index in [1.54, 1.807) is 14.2 Å². The predicted octanol–water partition coefficient (Wildman–Crippen LogP) is 3.37. The van der Waals surface area contributed by atoms with Crippen molar-refractivity contribution in [2.24, 2.45) is 0 Å². The number of nitrogens with zero attached hydrogens (tertiary/aromatic N) is 3. The van der Waals surface area contributed by atoms with Gasteiger partial charge in [0.15, 0.2) is 0 Å². The fraction of sp³-hybridized carbons (Fsp3) is 0.333. The average molecular weight is 357 g/mol. The van der Waals surface area contributed by atoms with Gasteiger partial charge in [-0.15, -0.1) is 21.5 Å². The Hall–Kier alpha value is -2.38. The molecule has 0 amide bonds. The van der Waals surface area contributed by atoms with Crippen LogP contribution in [0.1, 0.15) is 16.3 Å². The molecular formula is C18H19N3O3S. The Kier molecular flexibility index (Phi) is 4.42. The molecule has 1 aliphatic heterocycles. The fourth-order valence-corrected chi connectivity index (χ4v) is 4.07. The highest BCUT2D eigenvalue weighted by Gasteiger charge is 2.22. The number of benzene rings is 1. The van der Waals surface area contributed by atoms with Gasteiger partial charge in [-0.1, -0.05) is 6.07 Å². The minimum atomic E-state index is 0.415. The second-order valence-electron chi connectivity index (χ2n) is 5.87. The molecule has 25 heavy (non-hydrogen) atoms. The van der Waals surface area contributed by atoms with E-state index < -0.39 is 0 Å². The summed E-state index contributed by atoms with van der Waals surface area (Å²) in [5.41, 5.74) is 2.15. The van der Waals surface area contributed by atoms with E-state index in [2.05, 4.69) is 26.5 Å². The van der Waals surface area contributed by atoms with E-state index in [0.29, 0.717) is 35.4 Å². The van der Waals surface area contributed by atoms with E-state index in [9.17, 15) is 0 Å². The van der Waals surface area contributed by atoms with E-state index in [-0.39, 0.29) is 0 Å². The highest BCUT2D eigenvalue weighted by Crippen LogP contribution is 2.37. The minimum Gasteiger partial charge on any atom is -0.496 e. The summed E-state index contributed by atoms with van der Waals surface area (Å²) in [6.07, 6.45) is 1.07. The standard InChI is InChI=1S/C18H19N3O3S/c1-22-13-4-3-5-14(23-2)17(13)18-20-19-16(24-18)11-21-8-6-12-7-9-25-15(12)10-21/h3-5,7,9H,6,8,10-11H2,1-2H3. The van der Waals surface area contributed by atoms with Crippen LogP contribution in [0.3, 0.4) is 0 Å². The van der Waals surface area contributed by atoms with E-state index >= 15 is 0 Å². The second-order valence-corrected chi connectivity index (χ2v) is 6.87. The van der Waals surface area contributed by atoms with Crippen molar-refractivity contribution in [2.45, 2.75) is 19.5 Å². The van der Waals surface area contributed by atoms with Crippen molar-refractivity contribution in [3.63, 3.8) is 0 Å². The number of methoxy groups -OCH3 is 2. The zero-order chi connectivity index (χ0) is 17.2. The van der Waals surface area contributed by atoms with Gasteiger partial charge in [0.1, 0.15) is 17.1 Å². The molecule has 1 aromatic carbocycles. The molecule has 7 heteroatoms. The summed E-state index contributed by atoms with van der Waals surface area (Å²) in [6, 6.07) is 7.79. The molecule has 0 spiro atoms. The molecule has 3 aromatic rings. The first-order valence-electron chi connectivity index (χ1n) is 8.10. The van der Waals surface area contributed by atoms with Crippen molar-refractivity contribution >= 4 is 11.3 Å². The fourth-order valence-electron chi connectivity index (χ4n) is 3.10. The van der Waals surface area contributed by atoms with Crippen LogP contribution in [0, 0.1) is 0 Å². The number of hydrogen-bond donors (Lipinski definition) is 0. The number of hydrogen-bond acceptors (Lipinski definition) is 7. The smallest absolute Gasteiger partial charge is 0.255 e. The third kappa shape index (κ3) is 3.12. The number of aromatic nitrogens is 2. The first kappa shape index (κ1) is 16.1. The summed E-state index contributed by atoms with van der Waals surface area (Å²) in [5.74, 6) is 2.31. The third-order valence-corrected chi connectivity index (χ3v) is 5.32. The van der Waals surface area contributed by atoms with Crippen molar-refractivity contribution in [3.05, 3.63) is 46.0 Å². The molecule has 0 radical (unpaired) electrons. The Morgan fingerprint density at radius 1 is 1.16 bits per heavy atom. The molecule has 0 fully saturated rings. The summed E-state index contributed by atoms with van der Waals surface area (Å²) in [4.78, 5) is 3.76. The maximum absolute atomic E-state index is 5.91. The van der Waals surface area contributed by atoms with Gasteiger partial charge in [-0.3, -0.25) is 4.90 Å². The molecule has 0 saturated heterocycles. The zero-order valence-electron chi connectivity index (χ0n) is 14.2.